The molecular formula is C17H15NO3. The average molecular weight is 281 g/mol. The first kappa shape index (κ1) is 13.2. The average Bonchev–Trinajstić information content (AvgIpc) is 2.47. The first-order chi connectivity index (χ1) is 10.1. The standard InChI is InChI=1S/C17H15NO3/c1-18(2)12-5-3-11(4-6-12)15-10-21-16-9-13(19)7-8-14(16)17(15)20/h3-10,19H,1-2H3. The van der Waals surface area contributed by atoms with Gasteiger partial charge < -0.3 is 14.4 Å². The minimum absolute atomic E-state index is 0.0775. The van der Waals surface area contributed by atoms with E-state index >= 15 is 0 Å². The molecule has 1 aromatic heterocycles. The summed E-state index contributed by atoms with van der Waals surface area (Å²) < 4.78 is 5.47. The molecule has 0 bridgehead atoms. The van der Waals surface area contributed by atoms with Crippen LogP contribution < -0.4 is 10.3 Å². The molecule has 0 fully saturated rings. The van der Waals surface area contributed by atoms with E-state index < -0.39 is 0 Å². The van der Waals surface area contributed by atoms with E-state index in [1.807, 2.05) is 43.3 Å². The quantitative estimate of drug-likeness (QED) is 0.783. The van der Waals surface area contributed by atoms with E-state index in [9.17, 15) is 9.90 Å². The van der Waals surface area contributed by atoms with Gasteiger partial charge in [0.25, 0.3) is 0 Å². The molecule has 1 heterocycles. The summed E-state index contributed by atoms with van der Waals surface area (Å²) in [6.07, 6.45) is 1.44. The summed E-state index contributed by atoms with van der Waals surface area (Å²) in [4.78, 5) is 14.5. The summed E-state index contributed by atoms with van der Waals surface area (Å²) in [6, 6.07) is 12.2. The molecule has 106 valence electrons. The van der Waals surface area contributed by atoms with Crippen molar-refractivity contribution in [3.63, 3.8) is 0 Å². The van der Waals surface area contributed by atoms with Crippen LogP contribution in [0.5, 0.6) is 5.75 Å². The second kappa shape index (κ2) is 4.98. The Labute approximate surface area is 121 Å². The van der Waals surface area contributed by atoms with Crippen molar-refractivity contribution >= 4 is 16.7 Å². The molecule has 0 spiro atoms. The maximum absolute atomic E-state index is 12.5. The Kier molecular flexibility index (Phi) is 3.14. The predicted molar refractivity (Wildman–Crippen MR) is 83.9 cm³/mol. The number of nitrogens with zero attached hydrogens (tertiary/aromatic N) is 1. The highest BCUT2D eigenvalue weighted by molar-refractivity contribution is 5.82. The van der Waals surface area contributed by atoms with Crippen LogP contribution in [0.25, 0.3) is 22.1 Å². The molecule has 0 radical (unpaired) electrons. The van der Waals surface area contributed by atoms with Crippen LogP contribution in [0.4, 0.5) is 5.69 Å². The van der Waals surface area contributed by atoms with Crippen LogP contribution in [0.15, 0.2) is 57.9 Å². The lowest BCUT2D eigenvalue weighted by Crippen LogP contribution is -2.08. The smallest absolute Gasteiger partial charge is 0.200 e. The fraction of sp³-hybridized carbons (Fsp3) is 0.118. The van der Waals surface area contributed by atoms with Gasteiger partial charge in [-0.3, -0.25) is 4.79 Å². The van der Waals surface area contributed by atoms with Gasteiger partial charge in [-0.1, -0.05) is 12.1 Å². The van der Waals surface area contributed by atoms with E-state index in [-0.39, 0.29) is 11.2 Å². The number of phenolic OH excluding ortho intramolecular Hbond substituents is 1. The number of benzene rings is 2. The third-order valence-electron chi connectivity index (χ3n) is 3.45. The van der Waals surface area contributed by atoms with Gasteiger partial charge in [-0.25, -0.2) is 0 Å². The van der Waals surface area contributed by atoms with Gasteiger partial charge in [-0.05, 0) is 29.8 Å². The summed E-state index contributed by atoms with van der Waals surface area (Å²) >= 11 is 0. The third-order valence-corrected chi connectivity index (χ3v) is 3.45. The predicted octanol–water partition coefficient (Wildman–Crippen LogP) is 3.23. The second-order valence-corrected chi connectivity index (χ2v) is 5.10. The zero-order valence-electron chi connectivity index (χ0n) is 11.8. The molecule has 0 amide bonds. The van der Waals surface area contributed by atoms with Crippen molar-refractivity contribution in [2.24, 2.45) is 0 Å². The molecule has 0 atom stereocenters. The number of aromatic hydroxyl groups is 1. The van der Waals surface area contributed by atoms with Crippen molar-refractivity contribution in [1.82, 2.24) is 0 Å². The molecule has 3 aromatic rings. The summed E-state index contributed by atoms with van der Waals surface area (Å²) in [5, 5.41) is 9.88. The Bertz CT molecular complexity index is 848. The van der Waals surface area contributed by atoms with Gasteiger partial charge in [0.2, 0.25) is 0 Å². The first-order valence-corrected chi connectivity index (χ1v) is 6.58. The molecule has 0 aliphatic rings. The summed E-state index contributed by atoms with van der Waals surface area (Å²) in [6.45, 7) is 0. The van der Waals surface area contributed by atoms with Crippen LogP contribution in [-0.4, -0.2) is 19.2 Å². The van der Waals surface area contributed by atoms with E-state index in [1.165, 1.54) is 18.4 Å². The maximum Gasteiger partial charge on any atom is 0.200 e. The Morgan fingerprint density at radius 1 is 1.05 bits per heavy atom. The number of phenols is 1. The van der Waals surface area contributed by atoms with Crippen molar-refractivity contribution in [2.45, 2.75) is 0 Å². The molecule has 0 unspecified atom stereocenters. The molecule has 4 nitrogen and oxygen atoms in total. The molecular weight excluding hydrogens is 266 g/mol. The van der Waals surface area contributed by atoms with E-state index in [0.717, 1.165) is 11.3 Å². The van der Waals surface area contributed by atoms with E-state index in [0.29, 0.717) is 16.5 Å². The summed E-state index contributed by atoms with van der Waals surface area (Å²) in [5.74, 6) is 0.0775. The number of hydrogen-bond donors (Lipinski definition) is 1. The molecule has 2 aromatic carbocycles. The molecule has 0 saturated heterocycles. The van der Waals surface area contributed by atoms with Crippen LogP contribution >= 0.6 is 0 Å². The zero-order chi connectivity index (χ0) is 15.0. The monoisotopic (exact) mass is 281 g/mol. The van der Waals surface area contributed by atoms with Crippen molar-refractivity contribution < 1.29 is 9.52 Å². The highest BCUT2D eigenvalue weighted by Gasteiger charge is 2.09. The molecule has 0 saturated carbocycles. The van der Waals surface area contributed by atoms with Crippen LogP contribution in [-0.2, 0) is 0 Å². The van der Waals surface area contributed by atoms with Crippen molar-refractivity contribution in [1.29, 1.82) is 0 Å². The van der Waals surface area contributed by atoms with E-state index in [2.05, 4.69) is 0 Å². The fourth-order valence-electron chi connectivity index (χ4n) is 2.26. The Balaban J connectivity index is 2.14. The lowest BCUT2D eigenvalue weighted by molar-refractivity contribution is 0.474. The summed E-state index contributed by atoms with van der Waals surface area (Å²) in [5.41, 5.74) is 2.67. The van der Waals surface area contributed by atoms with Crippen LogP contribution in [0.1, 0.15) is 0 Å². The SMILES string of the molecule is CN(C)c1ccc(-c2coc3cc(O)ccc3c2=O)cc1. The van der Waals surface area contributed by atoms with E-state index in [1.54, 1.807) is 6.07 Å². The third kappa shape index (κ3) is 2.36. The van der Waals surface area contributed by atoms with Gasteiger partial charge in [0, 0.05) is 25.8 Å². The number of hydrogen-bond acceptors (Lipinski definition) is 4. The fourth-order valence-corrected chi connectivity index (χ4v) is 2.26. The maximum atomic E-state index is 12.5. The lowest BCUT2D eigenvalue weighted by Gasteiger charge is -2.12. The highest BCUT2D eigenvalue weighted by Crippen LogP contribution is 2.24. The number of fused-ring (bicyclic) bond motifs is 1. The van der Waals surface area contributed by atoms with Gasteiger partial charge in [-0.15, -0.1) is 0 Å². The van der Waals surface area contributed by atoms with Gasteiger partial charge >= 0.3 is 0 Å². The Hall–Kier alpha value is -2.75. The van der Waals surface area contributed by atoms with Crippen LogP contribution in [0, 0.1) is 0 Å². The Morgan fingerprint density at radius 3 is 2.43 bits per heavy atom. The summed E-state index contributed by atoms with van der Waals surface area (Å²) in [7, 11) is 3.93. The highest BCUT2D eigenvalue weighted by atomic mass is 16.3. The van der Waals surface area contributed by atoms with Gasteiger partial charge in [0.1, 0.15) is 17.6 Å². The normalized spacial score (nSPS) is 10.8. The van der Waals surface area contributed by atoms with Gasteiger partial charge in [-0.2, -0.15) is 0 Å². The zero-order valence-corrected chi connectivity index (χ0v) is 11.8. The molecule has 1 N–H and O–H groups in total. The molecule has 4 heteroatoms. The number of rotatable bonds is 2. The Morgan fingerprint density at radius 2 is 1.76 bits per heavy atom. The van der Waals surface area contributed by atoms with Crippen LogP contribution in [0.3, 0.4) is 0 Å². The molecule has 3 rings (SSSR count). The molecule has 21 heavy (non-hydrogen) atoms. The molecule has 0 aliphatic heterocycles. The van der Waals surface area contributed by atoms with Crippen molar-refractivity contribution in [3.8, 4) is 16.9 Å². The van der Waals surface area contributed by atoms with Crippen molar-refractivity contribution in [2.75, 3.05) is 19.0 Å². The van der Waals surface area contributed by atoms with Gasteiger partial charge in [0.15, 0.2) is 5.43 Å². The van der Waals surface area contributed by atoms with Crippen molar-refractivity contribution in [3.05, 3.63) is 59.0 Å². The molecule has 0 aliphatic carbocycles. The topological polar surface area (TPSA) is 53.7 Å². The minimum atomic E-state index is -0.103. The van der Waals surface area contributed by atoms with Crippen LogP contribution in [0.2, 0.25) is 0 Å². The lowest BCUT2D eigenvalue weighted by atomic mass is 10.1. The number of anilines is 1. The second-order valence-electron chi connectivity index (χ2n) is 5.10. The van der Waals surface area contributed by atoms with Gasteiger partial charge in [0.05, 0.1) is 10.9 Å². The van der Waals surface area contributed by atoms with E-state index in [4.69, 9.17) is 4.42 Å². The first-order valence-electron chi connectivity index (χ1n) is 6.58. The largest absolute Gasteiger partial charge is 0.508 e. The minimum Gasteiger partial charge on any atom is -0.508 e.